The van der Waals surface area contributed by atoms with E-state index in [-0.39, 0.29) is 17.3 Å². The monoisotopic (exact) mass is 256 g/mol. The van der Waals surface area contributed by atoms with Gasteiger partial charge in [0.25, 0.3) is 5.91 Å². The van der Waals surface area contributed by atoms with Gasteiger partial charge in [-0.2, -0.15) is 0 Å². The molecule has 0 fully saturated rings. The lowest BCUT2D eigenvalue weighted by atomic mass is 10.3. The van der Waals surface area contributed by atoms with Crippen molar-refractivity contribution in [3.63, 3.8) is 0 Å². The van der Waals surface area contributed by atoms with Gasteiger partial charge in [-0.15, -0.1) is 0 Å². The Morgan fingerprint density at radius 1 is 1.47 bits per heavy atom. The summed E-state index contributed by atoms with van der Waals surface area (Å²) in [6.07, 6.45) is 0. The van der Waals surface area contributed by atoms with Crippen molar-refractivity contribution in [1.29, 1.82) is 0 Å². The second kappa shape index (κ2) is 6.05. The molecule has 0 bridgehead atoms. The van der Waals surface area contributed by atoms with Crippen molar-refractivity contribution in [1.82, 2.24) is 10.3 Å². The largest absolute Gasteiger partial charge is 0.370 e. The summed E-state index contributed by atoms with van der Waals surface area (Å²) < 4.78 is 0. The third-order valence-electron chi connectivity index (χ3n) is 1.84. The van der Waals surface area contributed by atoms with Crippen LogP contribution >= 0.6 is 11.6 Å². The third-order valence-corrected chi connectivity index (χ3v) is 2.15. The van der Waals surface area contributed by atoms with E-state index in [1.165, 1.54) is 0 Å². The maximum absolute atomic E-state index is 11.6. The number of nitrogens with zero attached hydrogens (tertiary/aromatic N) is 1. The maximum Gasteiger partial charge on any atom is 0.271 e. The highest BCUT2D eigenvalue weighted by atomic mass is 35.5. The van der Waals surface area contributed by atoms with Crippen LogP contribution in [0.2, 0.25) is 5.02 Å². The first-order chi connectivity index (χ1) is 8.04. The predicted molar refractivity (Wildman–Crippen MR) is 64.9 cm³/mol. The number of hydrogen-bond donors (Lipinski definition) is 3. The molecular weight excluding hydrogens is 244 g/mol. The molecule has 1 aromatic heterocycles. The third kappa shape index (κ3) is 3.92. The summed E-state index contributed by atoms with van der Waals surface area (Å²) in [5, 5.41) is 5.49. The molecule has 0 aliphatic carbocycles. The van der Waals surface area contributed by atoms with Gasteiger partial charge >= 0.3 is 0 Å². The maximum atomic E-state index is 11.6. The minimum absolute atomic E-state index is 0.0615. The molecule has 1 aromatic rings. The molecule has 1 rings (SSSR count). The van der Waals surface area contributed by atoms with E-state index in [0.717, 1.165) is 0 Å². The number of amides is 2. The molecule has 6 nitrogen and oxygen atoms in total. The van der Waals surface area contributed by atoms with Crippen molar-refractivity contribution in [3.8, 4) is 0 Å². The van der Waals surface area contributed by atoms with Crippen LogP contribution in [0, 0.1) is 0 Å². The Morgan fingerprint density at radius 2 is 2.18 bits per heavy atom. The zero-order chi connectivity index (χ0) is 12.8. The molecule has 0 atom stereocenters. The second-order valence-corrected chi connectivity index (χ2v) is 3.61. The molecule has 0 aromatic carbocycles. The fourth-order valence-corrected chi connectivity index (χ4v) is 1.32. The lowest BCUT2D eigenvalue weighted by molar-refractivity contribution is -0.117. The zero-order valence-electron chi connectivity index (χ0n) is 9.29. The van der Waals surface area contributed by atoms with Crippen LogP contribution in [-0.2, 0) is 4.79 Å². The van der Waals surface area contributed by atoms with Crippen LogP contribution in [0.1, 0.15) is 17.4 Å². The molecule has 2 amide bonds. The highest BCUT2D eigenvalue weighted by molar-refractivity contribution is 6.33. The first kappa shape index (κ1) is 13.2. The number of halogens is 1. The molecule has 0 aliphatic heterocycles. The number of carbonyl (C=O) groups excluding carboxylic acids is 2. The van der Waals surface area contributed by atoms with Crippen LogP contribution in [0.15, 0.2) is 12.1 Å². The lowest BCUT2D eigenvalue weighted by Gasteiger charge is -2.07. The fraction of sp³-hybridized carbons (Fsp3) is 0.300. The van der Waals surface area contributed by atoms with Crippen LogP contribution in [0.4, 0.5) is 5.82 Å². The van der Waals surface area contributed by atoms with Gasteiger partial charge in [0.05, 0.1) is 11.6 Å². The number of aromatic nitrogens is 1. The topological polar surface area (TPSA) is 97.1 Å². The number of pyridine rings is 1. The molecule has 0 saturated heterocycles. The van der Waals surface area contributed by atoms with E-state index in [0.29, 0.717) is 12.4 Å². The number of primary amides is 1. The molecule has 0 radical (unpaired) electrons. The zero-order valence-corrected chi connectivity index (χ0v) is 10.0. The van der Waals surface area contributed by atoms with E-state index in [9.17, 15) is 9.59 Å². The molecule has 17 heavy (non-hydrogen) atoms. The summed E-state index contributed by atoms with van der Waals surface area (Å²) in [6.45, 7) is 2.34. The van der Waals surface area contributed by atoms with E-state index in [1.807, 2.05) is 6.92 Å². The van der Waals surface area contributed by atoms with Crippen LogP contribution in [0.25, 0.3) is 0 Å². The van der Waals surface area contributed by atoms with Crippen LogP contribution < -0.4 is 16.4 Å². The summed E-state index contributed by atoms with van der Waals surface area (Å²) in [5.74, 6) is -0.619. The number of anilines is 1. The average molecular weight is 257 g/mol. The van der Waals surface area contributed by atoms with Crippen LogP contribution in [0.5, 0.6) is 0 Å². The molecule has 0 saturated carbocycles. The van der Waals surface area contributed by atoms with Crippen molar-refractivity contribution in [2.45, 2.75) is 6.92 Å². The smallest absolute Gasteiger partial charge is 0.271 e. The van der Waals surface area contributed by atoms with Crippen molar-refractivity contribution in [3.05, 3.63) is 22.8 Å². The number of carbonyl (C=O) groups is 2. The van der Waals surface area contributed by atoms with Gasteiger partial charge in [-0.3, -0.25) is 9.59 Å². The van der Waals surface area contributed by atoms with Gasteiger partial charge in [0.15, 0.2) is 0 Å². The van der Waals surface area contributed by atoms with E-state index in [4.69, 9.17) is 17.3 Å². The Labute approximate surface area is 104 Å². The Bertz CT molecular complexity index is 436. The van der Waals surface area contributed by atoms with Crippen molar-refractivity contribution >= 4 is 29.2 Å². The van der Waals surface area contributed by atoms with Gasteiger partial charge in [-0.1, -0.05) is 11.6 Å². The summed E-state index contributed by atoms with van der Waals surface area (Å²) in [7, 11) is 0. The highest BCUT2D eigenvalue weighted by Crippen LogP contribution is 2.16. The number of rotatable bonds is 5. The van der Waals surface area contributed by atoms with E-state index in [1.54, 1.807) is 12.1 Å². The second-order valence-electron chi connectivity index (χ2n) is 3.21. The van der Waals surface area contributed by atoms with Gasteiger partial charge in [0.1, 0.15) is 11.5 Å². The minimum Gasteiger partial charge on any atom is -0.370 e. The molecule has 92 valence electrons. The van der Waals surface area contributed by atoms with Gasteiger partial charge in [0.2, 0.25) is 5.91 Å². The summed E-state index contributed by atoms with van der Waals surface area (Å²) in [5.41, 5.74) is 4.98. The lowest BCUT2D eigenvalue weighted by Crippen LogP contribution is -2.33. The normalized spacial score (nSPS) is 9.76. The van der Waals surface area contributed by atoms with Crippen LogP contribution in [0.3, 0.4) is 0 Å². The summed E-state index contributed by atoms with van der Waals surface area (Å²) in [6, 6.07) is 3.22. The van der Waals surface area contributed by atoms with Gasteiger partial charge in [0, 0.05) is 6.54 Å². The molecule has 1 heterocycles. The Hall–Kier alpha value is -1.82. The van der Waals surface area contributed by atoms with E-state index < -0.39 is 11.8 Å². The van der Waals surface area contributed by atoms with Crippen LogP contribution in [-0.4, -0.2) is 29.9 Å². The first-order valence-electron chi connectivity index (χ1n) is 5.01. The van der Waals surface area contributed by atoms with Gasteiger partial charge in [-0.25, -0.2) is 4.98 Å². The Balaban J connectivity index is 2.83. The van der Waals surface area contributed by atoms with Gasteiger partial charge < -0.3 is 16.4 Å². The minimum atomic E-state index is -0.627. The van der Waals surface area contributed by atoms with E-state index in [2.05, 4.69) is 15.6 Å². The number of nitrogens with two attached hydrogens (primary N) is 1. The average Bonchev–Trinajstić information content (AvgIpc) is 2.29. The highest BCUT2D eigenvalue weighted by Gasteiger charge is 2.13. The standard InChI is InChI=1S/C10H13ClN4O2/c1-2-13-8-4-3-6(11)9(15-8)10(17)14-5-7(12)16/h3-4H,2,5H2,1H3,(H2,12,16)(H,13,15)(H,14,17). The summed E-state index contributed by atoms with van der Waals surface area (Å²) >= 11 is 5.84. The molecule has 4 N–H and O–H groups in total. The molecular formula is C10H13ClN4O2. The van der Waals surface area contributed by atoms with E-state index >= 15 is 0 Å². The quantitative estimate of drug-likeness (QED) is 0.710. The fourth-order valence-electron chi connectivity index (χ4n) is 1.13. The molecule has 0 aliphatic rings. The summed E-state index contributed by atoms with van der Waals surface area (Å²) in [4.78, 5) is 26.2. The molecule has 0 spiro atoms. The molecule has 7 heteroatoms. The van der Waals surface area contributed by atoms with Crippen molar-refractivity contribution in [2.75, 3.05) is 18.4 Å². The molecule has 0 unspecified atom stereocenters. The Kier molecular flexibility index (Phi) is 4.71. The first-order valence-corrected chi connectivity index (χ1v) is 5.39. The number of hydrogen-bond acceptors (Lipinski definition) is 4. The van der Waals surface area contributed by atoms with Crippen molar-refractivity contribution in [2.24, 2.45) is 5.73 Å². The SMILES string of the molecule is CCNc1ccc(Cl)c(C(=O)NCC(N)=O)n1. The van der Waals surface area contributed by atoms with Gasteiger partial charge in [-0.05, 0) is 19.1 Å². The van der Waals surface area contributed by atoms with Crippen molar-refractivity contribution < 1.29 is 9.59 Å². The number of nitrogens with one attached hydrogen (secondary N) is 2. The Morgan fingerprint density at radius 3 is 2.76 bits per heavy atom. The predicted octanol–water partition coefficient (Wildman–Crippen LogP) is 0.382.